The quantitative estimate of drug-likeness (QED) is 0.766. The lowest BCUT2D eigenvalue weighted by molar-refractivity contribution is -0.119. The molecule has 0 aromatic carbocycles. The number of ketones is 1. The highest BCUT2D eigenvalue weighted by molar-refractivity contribution is 7.09. The Morgan fingerprint density at radius 2 is 2.21 bits per heavy atom. The Hall–Kier alpha value is -0.700. The number of aromatic nitrogens is 1. The van der Waals surface area contributed by atoms with Crippen LogP contribution in [0.4, 0.5) is 0 Å². The molecule has 0 aliphatic heterocycles. The van der Waals surface area contributed by atoms with Crippen molar-refractivity contribution < 1.29 is 4.79 Å². The number of hydrogen-bond donors (Lipinski definition) is 0. The highest BCUT2D eigenvalue weighted by Gasteiger charge is 2.50. The van der Waals surface area contributed by atoms with E-state index in [9.17, 15) is 4.79 Å². The Morgan fingerprint density at radius 3 is 2.57 bits per heavy atom. The summed E-state index contributed by atoms with van der Waals surface area (Å²) in [6.45, 7) is 5.95. The van der Waals surface area contributed by atoms with Gasteiger partial charge in [0.2, 0.25) is 0 Å². The fraction of sp³-hybridized carbons (Fsp3) is 0.636. The Morgan fingerprint density at radius 1 is 1.57 bits per heavy atom. The van der Waals surface area contributed by atoms with Crippen LogP contribution in [0.1, 0.15) is 50.2 Å². The van der Waals surface area contributed by atoms with Crippen LogP contribution in [-0.2, 0) is 10.2 Å². The molecule has 0 saturated heterocycles. The first-order chi connectivity index (χ1) is 6.56. The maximum atomic E-state index is 11.5. The van der Waals surface area contributed by atoms with E-state index in [0.29, 0.717) is 5.92 Å². The molecule has 2 nitrogen and oxygen atoms in total. The van der Waals surface area contributed by atoms with Crippen molar-refractivity contribution in [1.82, 2.24) is 4.98 Å². The van der Waals surface area contributed by atoms with Gasteiger partial charge in [-0.1, -0.05) is 13.8 Å². The molecule has 3 heteroatoms. The molecule has 1 heterocycles. The summed E-state index contributed by atoms with van der Waals surface area (Å²) in [7, 11) is 0. The van der Waals surface area contributed by atoms with Crippen LogP contribution in [0.3, 0.4) is 0 Å². The Bertz CT molecular complexity index is 363. The van der Waals surface area contributed by atoms with Crippen molar-refractivity contribution in [3.05, 3.63) is 16.1 Å². The first-order valence-electron chi connectivity index (χ1n) is 5.03. The van der Waals surface area contributed by atoms with Crippen molar-refractivity contribution in [3.63, 3.8) is 0 Å². The fourth-order valence-corrected chi connectivity index (χ4v) is 2.62. The second-order valence-corrected chi connectivity index (χ2v) is 5.25. The third-order valence-corrected chi connectivity index (χ3v) is 4.08. The normalized spacial score (nSPS) is 18.6. The monoisotopic (exact) mass is 209 g/mol. The van der Waals surface area contributed by atoms with Gasteiger partial charge in [0.1, 0.15) is 5.78 Å². The number of thiazole rings is 1. The summed E-state index contributed by atoms with van der Waals surface area (Å²) in [5.74, 6) is 0.745. The minimum absolute atomic E-state index is 0.191. The molecular formula is C11H15NOS. The molecule has 1 fully saturated rings. The number of carbonyl (C=O) groups is 1. The van der Waals surface area contributed by atoms with Gasteiger partial charge in [0.05, 0.1) is 16.1 Å². The third-order valence-electron chi connectivity index (χ3n) is 2.93. The van der Waals surface area contributed by atoms with Crippen LogP contribution in [0, 0.1) is 0 Å². The lowest BCUT2D eigenvalue weighted by Gasteiger charge is -2.06. The number of carbonyl (C=O) groups excluding carboxylic acids is 1. The zero-order chi connectivity index (χ0) is 10.3. The number of nitrogens with zero attached hydrogens (tertiary/aromatic N) is 1. The molecule has 1 saturated carbocycles. The summed E-state index contributed by atoms with van der Waals surface area (Å²) >= 11 is 1.68. The van der Waals surface area contributed by atoms with Gasteiger partial charge < -0.3 is 0 Å². The van der Waals surface area contributed by atoms with E-state index in [2.05, 4.69) is 24.2 Å². The summed E-state index contributed by atoms with van der Waals surface area (Å²) in [5.41, 5.74) is 0.822. The van der Waals surface area contributed by atoms with Crippen LogP contribution in [0.15, 0.2) is 5.38 Å². The molecular weight excluding hydrogens is 194 g/mol. The lowest BCUT2D eigenvalue weighted by Crippen LogP contribution is -2.17. The van der Waals surface area contributed by atoms with E-state index >= 15 is 0 Å². The molecule has 0 bridgehead atoms. The van der Waals surface area contributed by atoms with Crippen molar-refractivity contribution in [2.75, 3.05) is 0 Å². The van der Waals surface area contributed by atoms with Crippen molar-refractivity contribution in [2.24, 2.45) is 0 Å². The molecule has 0 atom stereocenters. The maximum absolute atomic E-state index is 11.5. The Balaban J connectivity index is 2.30. The van der Waals surface area contributed by atoms with Gasteiger partial charge in [-0.15, -0.1) is 11.3 Å². The first-order valence-corrected chi connectivity index (χ1v) is 5.91. The van der Waals surface area contributed by atoms with Gasteiger partial charge in [0.25, 0.3) is 0 Å². The molecule has 1 aliphatic rings. The summed E-state index contributed by atoms with van der Waals surface area (Å²) in [6.07, 6.45) is 1.98. The van der Waals surface area contributed by atoms with Crippen molar-refractivity contribution in [3.8, 4) is 0 Å². The molecule has 0 N–H and O–H groups in total. The first kappa shape index (κ1) is 9.84. The highest BCUT2D eigenvalue weighted by atomic mass is 32.1. The highest BCUT2D eigenvalue weighted by Crippen LogP contribution is 2.49. The molecule has 1 aromatic heterocycles. The minimum Gasteiger partial charge on any atom is -0.299 e. The van der Waals surface area contributed by atoms with Crippen LogP contribution < -0.4 is 0 Å². The van der Waals surface area contributed by atoms with Gasteiger partial charge >= 0.3 is 0 Å². The van der Waals surface area contributed by atoms with Gasteiger partial charge in [-0.3, -0.25) is 4.79 Å². The van der Waals surface area contributed by atoms with Gasteiger partial charge in [-0.25, -0.2) is 4.98 Å². The number of rotatable bonds is 3. The summed E-state index contributed by atoms with van der Waals surface area (Å²) in [6, 6.07) is 0. The smallest absolute Gasteiger partial charge is 0.141 e. The third kappa shape index (κ3) is 1.40. The maximum Gasteiger partial charge on any atom is 0.141 e. The minimum atomic E-state index is -0.191. The topological polar surface area (TPSA) is 30.0 Å². The van der Waals surface area contributed by atoms with Gasteiger partial charge in [0.15, 0.2) is 0 Å². The molecule has 0 spiro atoms. The van der Waals surface area contributed by atoms with Gasteiger partial charge in [-0.05, 0) is 19.8 Å². The van der Waals surface area contributed by atoms with Crippen molar-refractivity contribution in [2.45, 2.75) is 44.9 Å². The lowest BCUT2D eigenvalue weighted by atomic mass is 9.99. The van der Waals surface area contributed by atoms with E-state index in [1.54, 1.807) is 18.3 Å². The molecule has 1 aromatic rings. The standard InChI is InChI=1S/C11H15NOS/c1-7(2)10-12-9(6-14-10)11(4-5-11)8(3)13/h6-7H,4-5H2,1-3H3. The van der Waals surface area contributed by atoms with E-state index in [1.807, 2.05) is 0 Å². The SMILES string of the molecule is CC(=O)C1(c2csc(C(C)C)n2)CC1. The van der Waals surface area contributed by atoms with Crippen molar-refractivity contribution >= 4 is 17.1 Å². The van der Waals surface area contributed by atoms with E-state index in [0.717, 1.165) is 23.5 Å². The fourth-order valence-electron chi connectivity index (χ4n) is 1.69. The largest absolute Gasteiger partial charge is 0.299 e. The molecule has 0 radical (unpaired) electrons. The summed E-state index contributed by atoms with van der Waals surface area (Å²) in [4.78, 5) is 16.0. The van der Waals surface area contributed by atoms with Crippen LogP contribution in [0.2, 0.25) is 0 Å². The van der Waals surface area contributed by atoms with E-state index < -0.39 is 0 Å². The van der Waals surface area contributed by atoms with Crippen LogP contribution >= 0.6 is 11.3 Å². The summed E-state index contributed by atoms with van der Waals surface area (Å²) < 4.78 is 0. The zero-order valence-electron chi connectivity index (χ0n) is 8.83. The second-order valence-electron chi connectivity index (χ2n) is 4.36. The number of hydrogen-bond acceptors (Lipinski definition) is 3. The van der Waals surface area contributed by atoms with E-state index in [4.69, 9.17) is 0 Å². The molecule has 1 aliphatic carbocycles. The molecule has 0 unspecified atom stereocenters. The predicted octanol–water partition coefficient (Wildman–Crippen LogP) is 2.89. The average molecular weight is 209 g/mol. The molecule has 0 amide bonds. The molecule has 2 rings (SSSR count). The molecule has 76 valence electrons. The summed E-state index contributed by atoms with van der Waals surface area (Å²) in [5, 5.41) is 3.21. The van der Waals surface area contributed by atoms with Crippen LogP contribution in [0.25, 0.3) is 0 Å². The van der Waals surface area contributed by atoms with Crippen LogP contribution in [-0.4, -0.2) is 10.8 Å². The van der Waals surface area contributed by atoms with Crippen molar-refractivity contribution in [1.29, 1.82) is 0 Å². The second kappa shape index (κ2) is 3.16. The van der Waals surface area contributed by atoms with E-state index in [1.165, 1.54) is 0 Å². The molecule has 14 heavy (non-hydrogen) atoms. The number of Topliss-reactive ketones (excluding diaryl/α,β-unsaturated/α-hetero) is 1. The average Bonchev–Trinajstić information content (AvgIpc) is 2.77. The predicted molar refractivity (Wildman–Crippen MR) is 57.8 cm³/mol. The Kier molecular flexibility index (Phi) is 2.22. The Labute approximate surface area is 88.4 Å². The van der Waals surface area contributed by atoms with Gasteiger partial charge in [0, 0.05) is 11.3 Å². The van der Waals surface area contributed by atoms with E-state index in [-0.39, 0.29) is 11.2 Å². The van der Waals surface area contributed by atoms with Gasteiger partial charge in [-0.2, -0.15) is 0 Å². The van der Waals surface area contributed by atoms with Crippen LogP contribution in [0.5, 0.6) is 0 Å². The zero-order valence-corrected chi connectivity index (χ0v) is 9.65.